The van der Waals surface area contributed by atoms with Gasteiger partial charge in [0, 0.05) is 25.5 Å². The third-order valence-corrected chi connectivity index (χ3v) is 1.94. The molecule has 0 fully saturated rings. The van der Waals surface area contributed by atoms with Gasteiger partial charge >= 0.3 is 0 Å². The number of hydrogen-bond acceptors (Lipinski definition) is 2. The van der Waals surface area contributed by atoms with Crippen LogP contribution < -0.4 is 5.32 Å². The summed E-state index contributed by atoms with van der Waals surface area (Å²) < 4.78 is 2.20. The van der Waals surface area contributed by atoms with E-state index in [2.05, 4.69) is 21.8 Å². The van der Waals surface area contributed by atoms with E-state index in [1.807, 2.05) is 12.4 Å². The molecule has 0 radical (unpaired) electrons. The first-order valence-electron chi connectivity index (χ1n) is 3.62. The van der Waals surface area contributed by atoms with Crippen LogP contribution in [0.15, 0.2) is 12.4 Å². The lowest BCUT2D eigenvalue weighted by atomic mass is 10.2. The Bertz CT molecular complexity index is 229. The third-order valence-electron chi connectivity index (χ3n) is 1.94. The zero-order valence-corrected chi connectivity index (χ0v) is 6.04. The molecule has 2 heterocycles. The quantitative estimate of drug-likeness (QED) is 0.566. The zero-order chi connectivity index (χ0) is 6.97. The average Bonchev–Trinajstić information content (AvgIpc) is 2.36. The summed E-state index contributed by atoms with van der Waals surface area (Å²) in [5.41, 5.74) is 0. The van der Waals surface area contributed by atoms with E-state index in [-0.39, 0.29) is 0 Å². The van der Waals surface area contributed by atoms with Crippen molar-refractivity contribution in [2.24, 2.45) is 0 Å². The van der Waals surface area contributed by atoms with Gasteiger partial charge in [0.1, 0.15) is 5.82 Å². The third kappa shape index (κ3) is 0.743. The SMILES string of the molecule is CC1NCCn2ccnc21. The predicted octanol–water partition coefficient (Wildman–Crippen LogP) is 0.547. The summed E-state index contributed by atoms with van der Waals surface area (Å²) in [6, 6.07) is 0.420. The monoisotopic (exact) mass is 137 g/mol. The molecule has 1 aromatic heterocycles. The van der Waals surface area contributed by atoms with E-state index in [0.29, 0.717) is 6.04 Å². The molecule has 1 aliphatic heterocycles. The molecular formula is C7H11N3. The first-order valence-corrected chi connectivity index (χ1v) is 3.62. The maximum Gasteiger partial charge on any atom is 0.125 e. The Morgan fingerprint density at radius 2 is 2.70 bits per heavy atom. The van der Waals surface area contributed by atoms with Gasteiger partial charge in [-0.05, 0) is 6.92 Å². The van der Waals surface area contributed by atoms with Crippen LogP contribution >= 0.6 is 0 Å². The smallest absolute Gasteiger partial charge is 0.125 e. The van der Waals surface area contributed by atoms with E-state index in [0.717, 1.165) is 18.9 Å². The van der Waals surface area contributed by atoms with Gasteiger partial charge in [-0.3, -0.25) is 0 Å². The van der Waals surface area contributed by atoms with E-state index in [1.54, 1.807) is 0 Å². The molecule has 3 heteroatoms. The van der Waals surface area contributed by atoms with Gasteiger partial charge in [0.2, 0.25) is 0 Å². The molecule has 10 heavy (non-hydrogen) atoms. The van der Waals surface area contributed by atoms with Gasteiger partial charge in [-0.15, -0.1) is 0 Å². The molecule has 54 valence electrons. The topological polar surface area (TPSA) is 29.9 Å². The second-order valence-corrected chi connectivity index (χ2v) is 2.65. The van der Waals surface area contributed by atoms with Crippen molar-refractivity contribution in [1.82, 2.24) is 14.9 Å². The van der Waals surface area contributed by atoms with Gasteiger partial charge < -0.3 is 9.88 Å². The predicted molar refractivity (Wildman–Crippen MR) is 38.6 cm³/mol. The Kier molecular flexibility index (Phi) is 1.24. The second kappa shape index (κ2) is 2.09. The summed E-state index contributed by atoms with van der Waals surface area (Å²) in [4.78, 5) is 4.24. The van der Waals surface area contributed by atoms with Gasteiger partial charge in [-0.2, -0.15) is 0 Å². The highest BCUT2D eigenvalue weighted by Gasteiger charge is 2.14. The van der Waals surface area contributed by atoms with Crippen molar-refractivity contribution < 1.29 is 0 Å². The molecule has 1 aromatic rings. The van der Waals surface area contributed by atoms with E-state index in [9.17, 15) is 0 Å². The van der Waals surface area contributed by atoms with Gasteiger partial charge in [0.15, 0.2) is 0 Å². The van der Waals surface area contributed by atoms with Crippen LogP contribution in [-0.2, 0) is 6.54 Å². The van der Waals surface area contributed by atoms with Crippen LogP contribution in [0.4, 0.5) is 0 Å². The van der Waals surface area contributed by atoms with Crippen LogP contribution in [0, 0.1) is 0 Å². The Morgan fingerprint density at radius 3 is 3.50 bits per heavy atom. The summed E-state index contributed by atoms with van der Waals surface area (Å²) in [6.07, 6.45) is 3.89. The van der Waals surface area contributed by atoms with Crippen LogP contribution in [-0.4, -0.2) is 16.1 Å². The van der Waals surface area contributed by atoms with Gasteiger partial charge in [0.05, 0.1) is 6.04 Å². The molecule has 0 bridgehead atoms. The van der Waals surface area contributed by atoms with E-state index in [1.165, 1.54) is 0 Å². The summed E-state index contributed by atoms with van der Waals surface area (Å²) in [5.74, 6) is 1.16. The van der Waals surface area contributed by atoms with Crippen LogP contribution in [0.3, 0.4) is 0 Å². The minimum atomic E-state index is 0.420. The van der Waals surface area contributed by atoms with Crippen molar-refractivity contribution in [1.29, 1.82) is 0 Å². The van der Waals surface area contributed by atoms with Crippen molar-refractivity contribution >= 4 is 0 Å². The standard InChI is InChI=1S/C7H11N3/c1-6-7-9-3-5-10(7)4-2-8-6/h3,5-6,8H,2,4H2,1H3. The van der Waals surface area contributed by atoms with Gasteiger partial charge in [-0.1, -0.05) is 0 Å². The second-order valence-electron chi connectivity index (χ2n) is 2.65. The minimum absolute atomic E-state index is 0.420. The highest BCUT2D eigenvalue weighted by atomic mass is 15.2. The molecular weight excluding hydrogens is 126 g/mol. The summed E-state index contributed by atoms with van der Waals surface area (Å²) >= 11 is 0. The molecule has 0 saturated heterocycles. The van der Waals surface area contributed by atoms with Crippen molar-refractivity contribution in [3.63, 3.8) is 0 Å². The summed E-state index contributed by atoms with van der Waals surface area (Å²) in [6.45, 7) is 4.25. The largest absolute Gasteiger partial charge is 0.332 e. The fourth-order valence-electron chi connectivity index (χ4n) is 1.38. The fraction of sp³-hybridized carbons (Fsp3) is 0.571. The highest BCUT2D eigenvalue weighted by molar-refractivity contribution is 5.00. The van der Waals surface area contributed by atoms with Crippen molar-refractivity contribution in [2.75, 3.05) is 6.54 Å². The number of fused-ring (bicyclic) bond motifs is 1. The molecule has 0 aromatic carbocycles. The van der Waals surface area contributed by atoms with Crippen molar-refractivity contribution in [2.45, 2.75) is 19.5 Å². The number of hydrogen-bond donors (Lipinski definition) is 1. The van der Waals surface area contributed by atoms with E-state index < -0.39 is 0 Å². The van der Waals surface area contributed by atoms with Crippen LogP contribution in [0.25, 0.3) is 0 Å². The molecule has 1 atom stereocenters. The van der Waals surface area contributed by atoms with Gasteiger partial charge in [0.25, 0.3) is 0 Å². The molecule has 2 rings (SSSR count). The molecule has 1 unspecified atom stereocenters. The number of aromatic nitrogens is 2. The van der Waals surface area contributed by atoms with Crippen LogP contribution in [0.5, 0.6) is 0 Å². The summed E-state index contributed by atoms with van der Waals surface area (Å²) in [7, 11) is 0. The Balaban J connectivity index is 2.41. The van der Waals surface area contributed by atoms with Gasteiger partial charge in [-0.25, -0.2) is 4.98 Å². The lowest BCUT2D eigenvalue weighted by Gasteiger charge is -2.21. The zero-order valence-electron chi connectivity index (χ0n) is 6.04. The average molecular weight is 137 g/mol. The van der Waals surface area contributed by atoms with Crippen molar-refractivity contribution in [3.05, 3.63) is 18.2 Å². The Labute approximate surface area is 60.1 Å². The number of rotatable bonds is 0. The Hall–Kier alpha value is -0.830. The lowest BCUT2D eigenvalue weighted by molar-refractivity contribution is 0.437. The molecule has 1 aliphatic rings. The molecule has 0 saturated carbocycles. The number of imidazole rings is 1. The van der Waals surface area contributed by atoms with Crippen LogP contribution in [0.1, 0.15) is 18.8 Å². The normalized spacial score (nSPS) is 24.3. The molecule has 0 spiro atoms. The fourth-order valence-corrected chi connectivity index (χ4v) is 1.38. The highest BCUT2D eigenvalue weighted by Crippen LogP contribution is 2.12. The maximum atomic E-state index is 4.24. The molecule has 1 N–H and O–H groups in total. The minimum Gasteiger partial charge on any atom is -0.332 e. The summed E-state index contributed by atoms with van der Waals surface area (Å²) in [5, 5.41) is 3.34. The van der Waals surface area contributed by atoms with Crippen LogP contribution in [0.2, 0.25) is 0 Å². The van der Waals surface area contributed by atoms with Crippen molar-refractivity contribution in [3.8, 4) is 0 Å². The van der Waals surface area contributed by atoms with E-state index >= 15 is 0 Å². The first-order chi connectivity index (χ1) is 4.88. The molecule has 0 aliphatic carbocycles. The first kappa shape index (κ1) is 5.92. The number of nitrogens with zero attached hydrogens (tertiary/aromatic N) is 2. The molecule has 0 amide bonds. The molecule has 3 nitrogen and oxygen atoms in total. The maximum absolute atomic E-state index is 4.24. The number of nitrogens with one attached hydrogen (secondary N) is 1. The van der Waals surface area contributed by atoms with E-state index in [4.69, 9.17) is 0 Å². The Morgan fingerprint density at radius 1 is 1.80 bits per heavy atom. The lowest BCUT2D eigenvalue weighted by Crippen LogP contribution is -2.31.